The average molecular weight is 475 g/mol. The molecule has 33 heavy (non-hydrogen) atoms. The number of amides is 1. The lowest BCUT2D eigenvalue weighted by Gasteiger charge is -2.55. The lowest BCUT2D eigenvalue weighted by atomic mass is 9.91. The number of carbonyl (C=O) groups is 1. The molecular formula is C24H25ClF2N4O2. The molecule has 2 saturated heterocycles. The molecule has 174 valence electrons. The van der Waals surface area contributed by atoms with Gasteiger partial charge in [0.25, 0.3) is 6.43 Å². The molecular weight excluding hydrogens is 450 g/mol. The van der Waals surface area contributed by atoms with Gasteiger partial charge in [-0.2, -0.15) is 0 Å². The first-order valence-corrected chi connectivity index (χ1v) is 11.5. The molecule has 3 aliphatic rings. The van der Waals surface area contributed by atoms with Crippen LogP contribution in [0.3, 0.4) is 0 Å². The van der Waals surface area contributed by atoms with Crippen molar-refractivity contribution in [2.75, 3.05) is 37.6 Å². The summed E-state index contributed by atoms with van der Waals surface area (Å²) < 4.78 is 32.5. The summed E-state index contributed by atoms with van der Waals surface area (Å²) in [6.07, 6.45) is 1.50. The van der Waals surface area contributed by atoms with Gasteiger partial charge in [-0.25, -0.2) is 18.6 Å². The number of nitrogens with zero attached hydrogens (tertiary/aromatic N) is 4. The van der Waals surface area contributed by atoms with E-state index in [1.165, 1.54) is 0 Å². The topological polar surface area (TPSA) is 48.9 Å². The molecule has 6 nitrogen and oxygen atoms in total. The van der Waals surface area contributed by atoms with Crippen LogP contribution in [0.1, 0.15) is 29.7 Å². The van der Waals surface area contributed by atoms with Crippen LogP contribution < -0.4 is 4.90 Å². The summed E-state index contributed by atoms with van der Waals surface area (Å²) in [5.74, 6) is 0. The van der Waals surface area contributed by atoms with E-state index in [4.69, 9.17) is 16.3 Å². The predicted molar refractivity (Wildman–Crippen MR) is 123 cm³/mol. The van der Waals surface area contributed by atoms with Crippen molar-refractivity contribution >= 4 is 29.5 Å². The number of piperazine rings is 1. The summed E-state index contributed by atoms with van der Waals surface area (Å²) in [4.78, 5) is 22.6. The molecule has 3 aliphatic heterocycles. The Labute approximate surface area is 196 Å². The van der Waals surface area contributed by atoms with Crippen molar-refractivity contribution in [2.24, 2.45) is 0 Å². The molecule has 0 N–H and O–H groups in total. The van der Waals surface area contributed by atoms with Crippen molar-refractivity contribution < 1.29 is 18.3 Å². The fourth-order valence-corrected chi connectivity index (χ4v) is 5.12. The van der Waals surface area contributed by atoms with Crippen LogP contribution in [0, 0.1) is 0 Å². The van der Waals surface area contributed by atoms with Gasteiger partial charge in [0, 0.05) is 56.1 Å². The number of anilines is 1. The molecule has 0 spiro atoms. The molecule has 0 bridgehead atoms. The molecule has 2 fully saturated rings. The molecule has 0 radical (unpaired) electrons. The SMILES string of the molecule is O=C(OCc1ccccc1)N1CCN([C@@H]2CN3c4cc(Cl)nc(C(F)F)c4C=CC[C@@H]23)CC1. The van der Waals surface area contributed by atoms with Crippen LogP contribution in [0.25, 0.3) is 6.08 Å². The van der Waals surface area contributed by atoms with Crippen LogP contribution in [0.2, 0.25) is 5.15 Å². The number of halogens is 3. The van der Waals surface area contributed by atoms with E-state index in [9.17, 15) is 13.6 Å². The third-order valence-electron chi connectivity index (χ3n) is 6.69. The van der Waals surface area contributed by atoms with Crippen LogP contribution in [-0.2, 0) is 11.3 Å². The van der Waals surface area contributed by atoms with Gasteiger partial charge >= 0.3 is 6.09 Å². The van der Waals surface area contributed by atoms with Crippen LogP contribution in [0.5, 0.6) is 0 Å². The van der Waals surface area contributed by atoms with Crippen molar-refractivity contribution in [2.45, 2.75) is 31.5 Å². The minimum atomic E-state index is -2.68. The average Bonchev–Trinajstić information content (AvgIpc) is 2.94. The van der Waals surface area contributed by atoms with Gasteiger partial charge < -0.3 is 14.5 Å². The highest BCUT2D eigenvalue weighted by Crippen LogP contribution is 2.41. The monoisotopic (exact) mass is 474 g/mol. The zero-order valence-electron chi connectivity index (χ0n) is 18.0. The summed E-state index contributed by atoms with van der Waals surface area (Å²) >= 11 is 6.06. The van der Waals surface area contributed by atoms with Crippen LogP contribution >= 0.6 is 11.6 Å². The van der Waals surface area contributed by atoms with Crippen LogP contribution in [-0.4, -0.2) is 65.7 Å². The number of benzene rings is 1. The zero-order chi connectivity index (χ0) is 22.9. The zero-order valence-corrected chi connectivity index (χ0v) is 18.8. The first-order chi connectivity index (χ1) is 16.0. The first-order valence-electron chi connectivity index (χ1n) is 11.1. The maximum Gasteiger partial charge on any atom is 0.410 e. The van der Waals surface area contributed by atoms with E-state index in [0.29, 0.717) is 24.7 Å². The van der Waals surface area contributed by atoms with Crippen LogP contribution in [0.4, 0.5) is 19.3 Å². The van der Waals surface area contributed by atoms with Gasteiger partial charge in [-0.05, 0) is 18.1 Å². The smallest absolute Gasteiger partial charge is 0.410 e. The van der Waals surface area contributed by atoms with Gasteiger partial charge in [0.05, 0.1) is 0 Å². The summed E-state index contributed by atoms with van der Waals surface area (Å²) in [7, 11) is 0. The molecule has 1 amide bonds. The second-order valence-electron chi connectivity index (χ2n) is 8.55. The van der Waals surface area contributed by atoms with E-state index in [0.717, 1.165) is 37.3 Å². The number of aromatic nitrogens is 1. The first kappa shape index (κ1) is 22.1. The number of hydrogen-bond acceptors (Lipinski definition) is 5. The number of alkyl halides is 2. The minimum Gasteiger partial charge on any atom is -0.445 e. The molecule has 0 aliphatic carbocycles. The fraction of sp³-hybridized carbons (Fsp3) is 0.417. The second kappa shape index (κ2) is 9.27. The number of ether oxygens (including phenoxy) is 1. The standard InChI is InChI=1S/C24H25ClF2N4O2/c25-21-13-19-17(22(28-21)23(26)27)7-4-8-18-20(14-31(18)19)29-9-11-30(12-10-29)24(32)33-15-16-5-2-1-3-6-16/h1-7,13,18,20,23H,8-12,14-15H2/t18-,20+/m0/s1. The largest absolute Gasteiger partial charge is 0.445 e. The summed E-state index contributed by atoms with van der Waals surface area (Å²) in [5, 5.41) is 0.0872. The normalized spacial score (nSPS) is 22.4. The van der Waals surface area contributed by atoms with Crippen molar-refractivity contribution in [1.29, 1.82) is 0 Å². The van der Waals surface area contributed by atoms with E-state index in [-0.39, 0.29) is 29.6 Å². The highest BCUT2D eigenvalue weighted by molar-refractivity contribution is 6.29. The van der Waals surface area contributed by atoms with Gasteiger partial charge in [0.2, 0.25) is 0 Å². The molecule has 1 aromatic heterocycles. The molecule has 2 aromatic rings. The molecule has 0 saturated carbocycles. The Hall–Kier alpha value is -2.71. The van der Waals surface area contributed by atoms with Gasteiger partial charge in [-0.15, -0.1) is 0 Å². The van der Waals surface area contributed by atoms with Crippen molar-refractivity contribution in [3.63, 3.8) is 0 Å². The summed E-state index contributed by atoms with van der Waals surface area (Å²) in [6.45, 7) is 3.73. The summed E-state index contributed by atoms with van der Waals surface area (Å²) in [6, 6.07) is 11.8. The Bertz CT molecular complexity index is 1040. The molecule has 2 atom stereocenters. The quantitative estimate of drug-likeness (QED) is 0.606. The van der Waals surface area contributed by atoms with Crippen molar-refractivity contribution in [3.8, 4) is 0 Å². The Kier molecular flexibility index (Phi) is 6.21. The number of carbonyl (C=O) groups excluding carboxylic acids is 1. The van der Waals surface area contributed by atoms with E-state index in [2.05, 4.69) is 14.8 Å². The van der Waals surface area contributed by atoms with Crippen molar-refractivity contribution in [1.82, 2.24) is 14.8 Å². The van der Waals surface area contributed by atoms with Gasteiger partial charge in [0.15, 0.2) is 0 Å². The molecule has 1 aromatic carbocycles. The maximum atomic E-state index is 13.5. The van der Waals surface area contributed by atoms with E-state index in [1.807, 2.05) is 36.4 Å². The third-order valence-corrected chi connectivity index (χ3v) is 6.88. The van der Waals surface area contributed by atoms with Crippen molar-refractivity contribution in [3.05, 3.63) is 64.4 Å². The fourth-order valence-electron chi connectivity index (χ4n) is 4.92. The number of hydrogen-bond donors (Lipinski definition) is 0. The maximum absolute atomic E-state index is 13.5. The Morgan fingerprint density at radius 1 is 1.15 bits per heavy atom. The predicted octanol–water partition coefficient (Wildman–Crippen LogP) is 4.60. The molecule has 5 rings (SSSR count). The highest BCUT2D eigenvalue weighted by Gasteiger charge is 2.44. The van der Waals surface area contributed by atoms with E-state index < -0.39 is 6.43 Å². The number of fused-ring (bicyclic) bond motifs is 3. The second-order valence-corrected chi connectivity index (χ2v) is 8.94. The van der Waals surface area contributed by atoms with Gasteiger partial charge in [-0.1, -0.05) is 54.1 Å². The molecule has 0 unspecified atom stereocenters. The van der Waals surface area contributed by atoms with Gasteiger partial charge in [0.1, 0.15) is 17.5 Å². The highest BCUT2D eigenvalue weighted by atomic mass is 35.5. The Balaban J connectivity index is 1.19. The number of pyridine rings is 1. The number of rotatable bonds is 4. The third kappa shape index (κ3) is 4.42. The van der Waals surface area contributed by atoms with E-state index >= 15 is 0 Å². The molecule has 9 heteroatoms. The lowest BCUT2D eigenvalue weighted by Crippen LogP contribution is -2.69. The molecule has 4 heterocycles. The van der Waals surface area contributed by atoms with E-state index in [1.54, 1.807) is 17.0 Å². The van der Waals surface area contributed by atoms with Crippen LogP contribution in [0.15, 0.2) is 42.5 Å². The minimum absolute atomic E-state index is 0.0872. The summed E-state index contributed by atoms with van der Waals surface area (Å²) in [5.41, 5.74) is 1.89. The van der Waals surface area contributed by atoms with Gasteiger partial charge in [-0.3, -0.25) is 4.90 Å². The lowest BCUT2D eigenvalue weighted by molar-refractivity contribution is 0.0436. The Morgan fingerprint density at radius 3 is 2.64 bits per heavy atom. The Morgan fingerprint density at radius 2 is 1.91 bits per heavy atom.